The van der Waals surface area contributed by atoms with E-state index in [1.165, 1.54) is 4.90 Å². The molecule has 6 heteroatoms. The van der Waals surface area contributed by atoms with E-state index in [0.29, 0.717) is 24.5 Å². The summed E-state index contributed by atoms with van der Waals surface area (Å²) in [5.41, 5.74) is 0.613. The van der Waals surface area contributed by atoms with Gasteiger partial charge in [-0.1, -0.05) is 12.1 Å². The van der Waals surface area contributed by atoms with Gasteiger partial charge in [0.25, 0.3) is 0 Å². The van der Waals surface area contributed by atoms with Crippen LogP contribution in [0, 0.1) is 0 Å². The molecule has 1 aliphatic heterocycles. The number of amides is 2. The van der Waals surface area contributed by atoms with Gasteiger partial charge >= 0.3 is 12.0 Å². The Balaban J connectivity index is 2.36. The molecule has 0 fully saturated rings. The largest absolute Gasteiger partial charge is 0.478 e. The second kappa shape index (κ2) is 5.81. The number of ether oxygens (including phenoxy) is 1. The third kappa shape index (κ3) is 2.54. The Hall–Kier alpha value is -2.24. The van der Waals surface area contributed by atoms with Gasteiger partial charge in [-0.3, -0.25) is 4.90 Å². The van der Waals surface area contributed by atoms with Crippen LogP contribution in [0.2, 0.25) is 0 Å². The standard InChI is InChI=1S/C14H18N2O4/c1-3-15(4-2)14(19)16-9-12(13(17)18)20-11-8-6-5-7-10(11)16/h5-8,12H,3-4,9H2,1-2H3,(H,17,18). The molecule has 20 heavy (non-hydrogen) atoms. The molecule has 1 N–H and O–H groups in total. The Labute approximate surface area is 117 Å². The first-order valence-electron chi connectivity index (χ1n) is 6.63. The quantitative estimate of drug-likeness (QED) is 0.915. The Kier molecular flexibility index (Phi) is 4.12. The molecular formula is C14H18N2O4. The molecule has 0 aromatic heterocycles. The van der Waals surface area contributed by atoms with Gasteiger partial charge in [0.05, 0.1) is 12.2 Å². The second-order valence-corrected chi connectivity index (χ2v) is 4.48. The van der Waals surface area contributed by atoms with Crippen LogP contribution in [0.3, 0.4) is 0 Å². The average molecular weight is 278 g/mol. The summed E-state index contributed by atoms with van der Waals surface area (Å²) in [5, 5.41) is 9.14. The highest BCUT2D eigenvalue weighted by Crippen LogP contribution is 2.33. The number of fused-ring (bicyclic) bond motifs is 1. The summed E-state index contributed by atoms with van der Waals surface area (Å²) in [4.78, 5) is 26.8. The van der Waals surface area contributed by atoms with E-state index < -0.39 is 12.1 Å². The minimum atomic E-state index is -1.07. The first kappa shape index (κ1) is 14.2. The highest BCUT2D eigenvalue weighted by molar-refractivity contribution is 5.95. The third-order valence-electron chi connectivity index (χ3n) is 3.31. The van der Waals surface area contributed by atoms with Crippen molar-refractivity contribution < 1.29 is 19.4 Å². The maximum absolute atomic E-state index is 12.5. The van der Waals surface area contributed by atoms with Crippen LogP contribution in [-0.4, -0.2) is 47.7 Å². The number of anilines is 1. The number of benzene rings is 1. The monoisotopic (exact) mass is 278 g/mol. The molecule has 1 heterocycles. The van der Waals surface area contributed by atoms with Crippen LogP contribution in [-0.2, 0) is 4.79 Å². The molecule has 108 valence electrons. The molecule has 0 radical (unpaired) electrons. The van der Waals surface area contributed by atoms with E-state index in [4.69, 9.17) is 9.84 Å². The zero-order valence-electron chi connectivity index (χ0n) is 11.6. The Bertz CT molecular complexity index is 514. The van der Waals surface area contributed by atoms with Crippen molar-refractivity contribution in [2.24, 2.45) is 0 Å². The summed E-state index contributed by atoms with van der Waals surface area (Å²) in [5.74, 6) is -0.650. The Morgan fingerprint density at radius 2 is 2.00 bits per heavy atom. The zero-order chi connectivity index (χ0) is 14.7. The molecular weight excluding hydrogens is 260 g/mol. The van der Waals surface area contributed by atoms with Crippen LogP contribution in [0.5, 0.6) is 5.75 Å². The van der Waals surface area contributed by atoms with E-state index in [-0.39, 0.29) is 12.6 Å². The summed E-state index contributed by atoms with van der Waals surface area (Å²) in [6.45, 7) is 4.95. The van der Waals surface area contributed by atoms with Gasteiger partial charge in [0.15, 0.2) is 0 Å². The van der Waals surface area contributed by atoms with Crippen molar-refractivity contribution in [3.8, 4) is 5.75 Å². The molecule has 1 aromatic rings. The summed E-state index contributed by atoms with van der Waals surface area (Å²) >= 11 is 0. The van der Waals surface area contributed by atoms with Gasteiger partial charge in [0, 0.05) is 13.1 Å². The summed E-state index contributed by atoms with van der Waals surface area (Å²) < 4.78 is 5.41. The number of aliphatic carboxylic acids is 1. The number of para-hydroxylation sites is 2. The summed E-state index contributed by atoms with van der Waals surface area (Å²) in [6, 6.07) is 6.79. The van der Waals surface area contributed by atoms with E-state index in [1.807, 2.05) is 13.8 Å². The van der Waals surface area contributed by atoms with Gasteiger partial charge in [0.1, 0.15) is 5.75 Å². The maximum atomic E-state index is 12.5. The first-order valence-corrected chi connectivity index (χ1v) is 6.63. The molecule has 0 bridgehead atoms. The number of nitrogens with zero attached hydrogens (tertiary/aromatic N) is 2. The van der Waals surface area contributed by atoms with E-state index in [1.54, 1.807) is 29.2 Å². The van der Waals surface area contributed by atoms with Gasteiger partial charge in [-0.25, -0.2) is 9.59 Å². The SMILES string of the molecule is CCN(CC)C(=O)N1CC(C(=O)O)Oc2ccccc21. The fourth-order valence-electron chi connectivity index (χ4n) is 2.21. The van der Waals surface area contributed by atoms with Gasteiger partial charge in [-0.05, 0) is 26.0 Å². The molecule has 2 amide bonds. The Morgan fingerprint density at radius 1 is 1.35 bits per heavy atom. The minimum absolute atomic E-state index is 0.0156. The lowest BCUT2D eigenvalue weighted by atomic mass is 10.2. The molecule has 6 nitrogen and oxygen atoms in total. The van der Waals surface area contributed by atoms with Gasteiger partial charge in [0.2, 0.25) is 6.10 Å². The van der Waals surface area contributed by atoms with Gasteiger partial charge in [-0.2, -0.15) is 0 Å². The minimum Gasteiger partial charge on any atom is -0.478 e. The fourth-order valence-corrected chi connectivity index (χ4v) is 2.21. The van der Waals surface area contributed by atoms with Crippen molar-refractivity contribution in [2.45, 2.75) is 20.0 Å². The highest BCUT2D eigenvalue weighted by Gasteiger charge is 2.34. The fraction of sp³-hybridized carbons (Fsp3) is 0.429. The molecule has 0 spiro atoms. The van der Waals surface area contributed by atoms with Crippen molar-refractivity contribution in [1.29, 1.82) is 0 Å². The number of hydrogen-bond acceptors (Lipinski definition) is 3. The van der Waals surface area contributed by atoms with Crippen LogP contribution in [0.4, 0.5) is 10.5 Å². The first-order chi connectivity index (χ1) is 9.58. The number of rotatable bonds is 3. The molecule has 0 saturated heterocycles. The van der Waals surface area contributed by atoms with Crippen LogP contribution in [0.15, 0.2) is 24.3 Å². The molecule has 1 aliphatic rings. The number of carbonyl (C=O) groups is 2. The number of carboxylic acid groups (broad SMARTS) is 1. The molecule has 2 rings (SSSR count). The van der Waals surface area contributed by atoms with Crippen LogP contribution in [0.1, 0.15) is 13.8 Å². The normalized spacial score (nSPS) is 17.1. The van der Waals surface area contributed by atoms with Crippen molar-refractivity contribution in [3.63, 3.8) is 0 Å². The van der Waals surface area contributed by atoms with E-state index in [2.05, 4.69) is 0 Å². The van der Waals surface area contributed by atoms with E-state index in [9.17, 15) is 9.59 Å². The van der Waals surface area contributed by atoms with Crippen molar-refractivity contribution >= 4 is 17.7 Å². The number of carbonyl (C=O) groups excluding carboxylic acids is 1. The topological polar surface area (TPSA) is 70.1 Å². The molecule has 1 atom stereocenters. The predicted octanol–water partition coefficient (Wildman–Crippen LogP) is 1.80. The number of urea groups is 1. The molecule has 0 aliphatic carbocycles. The van der Waals surface area contributed by atoms with Crippen molar-refractivity contribution in [1.82, 2.24) is 4.90 Å². The van der Waals surface area contributed by atoms with Crippen LogP contribution < -0.4 is 9.64 Å². The number of carboxylic acids is 1. The van der Waals surface area contributed by atoms with Crippen LogP contribution >= 0.6 is 0 Å². The average Bonchev–Trinajstić information content (AvgIpc) is 2.47. The third-order valence-corrected chi connectivity index (χ3v) is 3.31. The highest BCUT2D eigenvalue weighted by atomic mass is 16.5. The predicted molar refractivity (Wildman–Crippen MR) is 74.2 cm³/mol. The molecule has 1 aromatic carbocycles. The number of hydrogen-bond donors (Lipinski definition) is 1. The van der Waals surface area contributed by atoms with Gasteiger partial charge < -0.3 is 14.7 Å². The lowest BCUT2D eigenvalue weighted by Crippen LogP contribution is -2.51. The van der Waals surface area contributed by atoms with Crippen molar-refractivity contribution in [3.05, 3.63) is 24.3 Å². The summed E-state index contributed by atoms with van der Waals surface area (Å²) in [7, 11) is 0. The Morgan fingerprint density at radius 3 is 2.60 bits per heavy atom. The van der Waals surface area contributed by atoms with Crippen LogP contribution in [0.25, 0.3) is 0 Å². The smallest absolute Gasteiger partial charge is 0.346 e. The van der Waals surface area contributed by atoms with E-state index >= 15 is 0 Å². The molecule has 0 saturated carbocycles. The van der Waals surface area contributed by atoms with Crippen molar-refractivity contribution in [2.75, 3.05) is 24.5 Å². The molecule has 1 unspecified atom stereocenters. The second-order valence-electron chi connectivity index (χ2n) is 4.48. The lowest BCUT2D eigenvalue weighted by molar-refractivity contribution is -0.144. The summed E-state index contributed by atoms with van der Waals surface area (Å²) in [6.07, 6.45) is -1.04. The maximum Gasteiger partial charge on any atom is 0.346 e. The van der Waals surface area contributed by atoms with E-state index in [0.717, 1.165) is 0 Å². The van der Waals surface area contributed by atoms with Gasteiger partial charge in [-0.15, -0.1) is 0 Å². The zero-order valence-corrected chi connectivity index (χ0v) is 11.6. The lowest BCUT2D eigenvalue weighted by Gasteiger charge is -2.35.